The molecule has 1 rings (SSSR count). The summed E-state index contributed by atoms with van der Waals surface area (Å²) in [5, 5.41) is 0. The number of anilines is 1. The lowest BCUT2D eigenvalue weighted by atomic mass is 10.2. The van der Waals surface area contributed by atoms with Gasteiger partial charge in [-0.1, -0.05) is 0 Å². The highest BCUT2D eigenvalue weighted by Gasteiger charge is 2.32. The average molecular weight is 401 g/mol. The Hall–Kier alpha value is -1.01. The molecule has 1 aromatic rings. The summed E-state index contributed by atoms with van der Waals surface area (Å²) in [6.45, 7) is -1.85. The number of benzene rings is 1. The normalized spacial score (nSPS) is 13.3. The molecule has 0 saturated carbocycles. The van der Waals surface area contributed by atoms with Gasteiger partial charge in [0.25, 0.3) is 10.2 Å². The van der Waals surface area contributed by atoms with Gasteiger partial charge in [0.2, 0.25) is 0 Å². The van der Waals surface area contributed by atoms with Crippen LogP contribution >= 0.6 is 15.9 Å². The summed E-state index contributed by atoms with van der Waals surface area (Å²) in [5.41, 5.74) is -1.70. The molecule has 12 heteroatoms. The SMILES string of the molecule is O=S(=O)(NCC(F)(F)F)Nc1cc(C(F)(F)F)ccc1Br. The Balaban J connectivity index is 2.97. The van der Waals surface area contributed by atoms with E-state index in [1.807, 2.05) is 0 Å². The molecular weight excluding hydrogens is 394 g/mol. The van der Waals surface area contributed by atoms with Crippen LogP contribution < -0.4 is 9.44 Å². The third kappa shape index (κ3) is 6.09. The van der Waals surface area contributed by atoms with Gasteiger partial charge in [0.15, 0.2) is 0 Å². The van der Waals surface area contributed by atoms with Crippen LogP contribution in [0.1, 0.15) is 5.56 Å². The molecule has 120 valence electrons. The Morgan fingerprint density at radius 2 is 1.67 bits per heavy atom. The molecular formula is C9H7BrF6N2O2S. The average Bonchev–Trinajstić information content (AvgIpc) is 2.27. The largest absolute Gasteiger partial charge is 0.416 e. The van der Waals surface area contributed by atoms with Crippen LogP contribution in [0.2, 0.25) is 0 Å². The van der Waals surface area contributed by atoms with E-state index in [0.717, 1.165) is 6.07 Å². The minimum atomic E-state index is -4.79. The monoisotopic (exact) mass is 400 g/mol. The van der Waals surface area contributed by atoms with Gasteiger partial charge >= 0.3 is 12.4 Å². The van der Waals surface area contributed by atoms with E-state index in [1.165, 1.54) is 4.72 Å². The molecule has 0 aliphatic heterocycles. The van der Waals surface area contributed by atoms with Crippen molar-refractivity contribution in [1.29, 1.82) is 0 Å². The van der Waals surface area contributed by atoms with Gasteiger partial charge in [0.05, 0.1) is 11.3 Å². The molecule has 4 nitrogen and oxygen atoms in total. The van der Waals surface area contributed by atoms with E-state index in [1.54, 1.807) is 4.72 Å². The quantitative estimate of drug-likeness (QED) is 0.762. The van der Waals surface area contributed by atoms with Crippen molar-refractivity contribution < 1.29 is 34.8 Å². The van der Waals surface area contributed by atoms with Gasteiger partial charge in [0, 0.05) is 4.47 Å². The molecule has 21 heavy (non-hydrogen) atoms. The fourth-order valence-electron chi connectivity index (χ4n) is 1.14. The predicted octanol–water partition coefficient (Wildman–Crippen LogP) is 3.28. The molecule has 0 spiro atoms. The lowest BCUT2D eigenvalue weighted by Gasteiger charge is -2.14. The number of nitrogens with one attached hydrogen (secondary N) is 2. The van der Waals surface area contributed by atoms with Crippen molar-refractivity contribution in [2.45, 2.75) is 12.4 Å². The van der Waals surface area contributed by atoms with Gasteiger partial charge in [0.1, 0.15) is 6.54 Å². The van der Waals surface area contributed by atoms with E-state index in [2.05, 4.69) is 15.9 Å². The van der Waals surface area contributed by atoms with E-state index in [9.17, 15) is 34.8 Å². The summed E-state index contributed by atoms with van der Waals surface area (Å²) < 4.78 is 98.5. The maximum Gasteiger partial charge on any atom is 0.416 e. The molecule has 0 heterocycles. The Bertz CT molecular complexity index is 614. The van der Waals surface area contributed by atoms with Gasteiger partial charge < -0.3 is 0 Å². The Kier molecular flexibility index (Phi) is 5.16. The minimum Gasteiger partial charge on any atom is -0.270 e. The van der Waals surface area contributed by atoms with Crippen molar-refractivity contribution in [3.8, 4) is 0 Å². The van der Waals surface area contributed by atoms with Crippen LogP contribution in [-0.4, -0.2) is 21.1 Å². The van der Waals surface area contributed by atoms with Crippen molar-refractivity contribution in [3.05, 3.63) is 28.2 Å². The molecule has 0 radical (unpaired) electrons. The Labute approximate surface area is 123 Å². The minimum absolute atomic E-state index is 0.0621. The first-order valence-corrected chi connectivity index (χ1v) is 7.29. The molecule has 0 aliphatic carbocycles. The van der Waals surface area contributed by atoms with Gasteiger partial charge in [-0.15, -0.1) is 0 Å². The highest BCUT2D eigenvalue weighted by molar-refractivity contribution is 9.10. The van der Waals surface area contributed by atoms with Crippen molar-refractivity contribution in [2.75, 3.05) is 11.3 Å². The molecule has 2 N–H and O–H groups in total. The van der Waals surface area contributed by atoms with Crippen LogP contribution in [0.3, 0.4) is 0 Å². The van der Waals surface area contributed by atoms with Crippen LogP contribution in [0.25, 0.3) is 0 Å². The summed E-state index contributed by atoms with van der Waals surface area (Å²) in [6.07, 6.45) is -9.51. The number of rotatable bonds is 4. The van der Waals surface area contributed by atoms with E-state index >= 15 is 0 Å². The molecule has 0 aliphatic rings. The van der Waals surface area contributed by atoms with Crippen molar-refractivity contribution in [1.82, 2.24) is 4.72 Å². The number of alkyl halides is 6. The third-order valence-electron chi connectivity index (χ3n) is 2.00. The van der Waals surface area contributed by atoms with Crippen LogP contribution in [0.15, 0.2) is 22.7 Å². The van der Waals surface area contributed by atoms with E-state index < -0.39 is 40.4 Å². The highest BCUT2D eigenvalue weighted by atomic mass is 79.9. The topological polar surface area (TPSA) is 58.2 Å². The molecule has 1 aromatic carbocycles. The second-order valence-electron chi connectivity index (χ2n) is 3.73. The number of hydrogen-bond acceptors (Lipinski definition) is 2. The second-order valence-corrected chi connectivity index (χ2v) is 6.09. The van der Waals surface area contributed by atoms with Gasteiger partial charge in [-0.05, 0) is 34.1 Å². The summed E-state index contributed by atoms with van der Waals surface area (Å²) in [5.74, 6) is 0. The second kappa shape index (κ2) is 6.01. The first-order chi connectivity index (χ1) is 9.30. The zero-order valence-corrected chi connectivity index (χ0v) is 12.2. The van der Waals surface area contributed by atoms with E-state index in [-0.39, 0.29) is 4.47 Å². The van der Waals surface area contributed by atoms with Crippen LogP contribution in [0.4, 0.5) is 32.0 Å². The smallest absolute Gasteiger partial charge is 0.270 e. The summed E-state index contributed by atoms with van der Waals surface area (Å²) in [7, 11) is -4.67. The molecule has 0 aromatic heterocycles. The molecule has 0 saturated heterocycles. The van der Waals surface area contributed by atoms with Crippen LogP contribution in [0.5, 0.6) is 0 Å². The molecule has 0 amide bonds. The van der Waals surface area contributed by atoms with Crippen molar-refractivity contribution in [3.63, 3.8) is 0 Å². The maximum absolute atomic E-state index is 12.5. The Morgan fingerprint density at radius 1 is 1.10 bits per heavy atom. The summed E-state index contributed by atoms with van der Waals surface area (Å²) >= 11 is 2.80. The van der Waals surface area contributed by atoms with E-state index in [0.29, 0.717) is 12.1 Å². The molecule has 0 unspecified atom stereocenters. The van der Waals surface area contributed by atoms with E-state index in [4.69, 9.17) is 0 Å². The lowest BCUT2D eigenvalue weighted by Crippen LogP contribution is -2.37. The number of halogens is 7. The zero-order chi connectivity index (χ0) is 16.5. The maximum atomic E-state index is 12.5. The van der Waals surface area contributed by atoms with Gasteiger partial charge in [-0.3, -0.25) is 4.72 Å². The van der Waals surface area contributed by atoms with Gasteiger partial charge in [-0.2, -0.15) is 39.5 Å². The third-order valence-corrected chi connectivity index (χ3v) is 3.71. The summed E-state index contributed by atoms with van der Waals surface area (Å²) in [4.78, 5) is 0. The standard InChI is InChI=1S/C9H7BrF6N2O2S/c10-6-2-1-5(9(14,15)16)3-7(6)18-21(19,20)17-4-8(11,12)13/h1-3,17-18H,4H2. The molecule has 0 bridgehead atoms. The lowest BCUT2D eigenvalue weighted by molar-refractivity contribution is -0.137. The highest BCUT2D eigenvalue weighted by Crippen LogP contribution is 2.34. The molecule has 0 fully saturated rings. The first kappa shape index (κ1) is 18.0. The fourth-order valence-corrected chi connectivity index (χ4v) is 2.50. The number of hydrogen-bond donors (Lipinski definition) is 2. The molecule has 0 atom stereocenters. The predicted molar refractivity (Wildman–Crippen MR) is 65.7 cm³/mol. The van der Waals surface area contributed by atoms with Crippen LogP contribution in [0, 0.1) is 0 Å². The summed E-state index contributed by atoms with van der Waals surface area (Å²) in [6, 6.07) is 2.06. The van der Waals surface area contributed by atoms with Crippen LogP contribution in [-0.2, 0) is 16.4 Å². The van der Waals surface area contributed by atoms with Gasteiger partial charge in [-0.25, -0.2) is 0 Å². The zero-order valence-electron chi connectivity index (χ0n) is 9.81. The fraction of sp³-hybridized carbons (Fsp3) is 0.333. The Morgan fingerprint density at radius 3 is 2.14 bits per heavy atom. The van der Waals surface area contributed by atoms with Crippen molar-refractivity contribution in [2.24, 2.45) is 0 Å². The first-order valence-electron chi connectivity index (χ1n) is 5.01. The van der Waals surface area contributed by atoms with Crippen molar-refractivity contribution >= 4 is 31.8 Å².